The summed E-state index contributed by atoms with van der Waals surface area (Å²) in [4.78, 5) is 69.1. The molecular weight excluding hydrogens is 1940 g/mol. The first kappa shape index (κ1) is 98.1. The first-order valence-corrected chi connectivity index (χ1v) is 49.2. The third kappa shape index (κ3) is 21.9. The number of carbonyl (C=O) groups excluding carboxylic acids is 4. The van der Waals surface area contributed by atoms with Gasteiger partial charge in [0.05, 0.1) is 108 Å². The first-order valence-electron chi connectivity index (χ1n) is 44.9. The predicted octanol–water partition coefficient (Wildman–Crippen LogP) is 20.0. The van der Waals surface area contributed by atoms with Crippen molar-refractivity contribution in [2.75, 3.05) is 36.9 Å². The van der Waals surface area contributed by atoms with Gasteiger partial charge in [-0.05, 0) is 220 Å². The quantitative estimate of drug-likeness (QED) is 0.0187. The van der Waals surface area contributed by atoms with E-state index in [1.54, 1.807) is 77.5 Å². The smallest absolute Gasteiger partial charge is 0.465 e. The van der Waals surface area contributed by atoms with Crippen molar-refractivity contribution in [2.24, 2.45) is 5.92 Å². The molecule has 1 aliphatic carbocycles. The zero-order valence-electron chi connectivity index (χ0n) is 78.3. The second-order valence-corrected chi connectivity index (χ2v) is 39.5. The minimum absolute atomic E-state index is 0.0969. The molecule has 1 aliphatic heterocycles. The number of nitrogens with two attached hydrogens (primary N) is 1. The van der Waals surface area contributed by atoms with E-state index >= 15 is 0 Å². The molecule has 0 atom stereocenters. The Morgan fingerprint density at radius 2 is 0.821 bits per heavy atom. The zero-order valence-corrected chi connectivity index (χ0v) is 82.9. The largest absolute Gasteiger partial charge is 0.494 e. The Kier molecular flexibility index (Phi) is 29.8. The van der Waals surface area contributed by atoms with Crippen molar-refractivity contribution in [1.82, 2.24) is 57.2 Å². The lowest BCUT2D eigenvalue weighted by Crippen LogP contribution is -2.41. The molecule has 0 amide bonds. The van der Waals surface area contributed by atoms with Gasteiger partial charge >= 0.3 is 25.0 Å². The molecule has 0 radical (unpaired) electrons. The zero-order chi connectivity index (χ0) is 98.7. The highest BCUT2D eigenvalue weighted by atomic mass is 127. The van der Waals surface area contributed by atoms with Gasteiger partial charge in [0, 0.05) is 102 Å². The number of halogens is 2. The van der Waals surface area contributed by atoms with Gasteiger partial charge in [0.25, 0.3) is 20.0 Å². The van der Waals surface area contributed by atoms with Crippen LogP contribution in [0.4, 0.5) is 17.5 Å². The number of pyridine rings is 3. The number of fused-ring (bicyclic) bond motifs is 3. The fourth-order valence-corrected chi connectivity index (χ4v) is 20.5. The molecule has 18 aromatic rings. The molecule has 33 heteroatoms. The number of methoxy groups -OCH3 is 3. The molecule has 3 N–H and O–H groups in total. The second kappa shape index (κ2) is 42.6. The lowest BCUT2D eigenvalue weighted by atomic mass is 9.79. The Hall–Kier alpha value is -14.9. The molecule has 140 heavy (non-hydrogen) atoms. The van der Waals surface area contributed by atoms with Gasteiger partial charge in [-0.1, -0.05) is 194 Å². The number of aryl methyl sites for hydroxylation is 3. The van der Waals surface area contributed by atoms with Crippen LogP contribution in [0.15, 0.2) is 338 Å². The van der Waals surface area contributed by atoms with Crippen LogP contribution in [0.2, 0.25) is 0 Å². The summed E-state index contributed by atoms with van der Waals surface area (Å²) >= 11 is 7.03. The van der Waals surface area contributed by atoms with E-state index in [0.717, 1.165) is 86.0 Å². The molecule has 1 saturated carbocycles. The third-order valence-electron chi connectivity index (χ3n) is 24.0. The van der Waals surface area contributed by atoms with E-state index in [4.69, 9.17) is 45.8 Å². The molecule has 1 saturated heterocycles. The number of H-pyrrole nitrogens is 1. The monoisotopic (exact) mass is 2040 g/mol. The number of carbonyl (C=O) groups is 4. The number of nitrogens with zero attached hydrogens (tertiary/aromatic N) is 13. The topological polar surface area (TPSA) is 333 Å². The van der Waals surface area contributed by atoms with Gasteiger partial charge < -0.3 is 44.0 Å². The molecule has 2 aliphatic rings. The van der Waals surface area contributed by atoms with E-state index in [0.29, 0.717) is 91.3 Å². The van der Waals surface area contributed by atoms with Gasteiger partial charge in [0.2, 0.25) is 5.24 Å². The lowest BCUT2D eigenvalue weighted by Gasteiger charge is -2.32. The molecule has 0 unspecified atom stereocenters. The fourth-order valence-electron chi connectivity index (χ4n) is 16.0. The van der Waals surface area contributed by atoms with Crippen LogP contribution >= 0.6 is 34.2 Å². The number of ether oxygens (including phenoxy) is 3. The number of nitrogens with one attached hydrogen (secondary N) is 1. The van der Waals surface area contributed by atoms with Gasteiger partial charge in [0.1, 0.15) is 16.9 Å². The molecule has 2 fully saturated rings. The molecule has 710 valence electrons. The van der Waals surface area contributed by atoms with Crippen LogP contribution in [-0.2, 0) is 74.5 Å². The summed E-state index contributed by atoms with van der Waals surface area (Å²) in [7, 11) is -4.67. The van der Waals surface area contributed by atoms with Crippen LogP contribution in [0, 0.1) is 30.4 Å². The maximum Gasteiger partial charge on any atom is 0.494 e. The number of aromatic amines is 1. The number of hydrogen-bond donors (Lipinski definition) is 2. The van der Waals surface area contributed by atoms with Gasteiger partial charge in [0.15, 0.2) is 11.6 Å². The maximum atomic E-state index is 14.9. The molecule has 28 nitrogen and oxygen atoms in total. The number of hydrogen-bond acceptors (Lipinski definition) is 22. The summed E-state index contributed by atoms with van der Waals surface area (Å²) in [5.41, 5.74) is 20.6. The predicted molar refractivity (Wildman–Crippen MR) is 552 cm³/mol. The van der Waals surface area contributed by atoms with Crippen molar-refractivity contribution in [2.45, 2.75) is 108 Å². The van der Waals surface area contributed by atoms with Gasteiger partial charge in [-0.25, -0.2) is 68.2 Å². The highest BCUT2D eigenvalue weighted by Crippen LogP contribution is 2.43. The summed E-state index contributed by atoms with van der Waals surface area (Å²) in [6.07, 6.45) is 12.1. The lowest BCUT2D eigenvalue weighted by molar-refractivity contribution is -0.112. The van der Waals surface area contributed by atoms with E-state index < -0.39 is 38.0 Å². The maximum absolute atomic E-state index is 14.9. The number of benzene rings is 9. The van der Waals surface area contributed by atoms with E-state index in [2.05, 4.69) is 64.0 Å². The summed E-state index contributed by atoms with van der Waals surface area (Å²) in [6, 6.07) is 90.9. The van der Waals surface area contributed by atoms with Gasteiger partial charge in [-0.2, -0.15) is 15.3 Å². The van der Waals surface area contributed by atoms with Gasteiger partial charge in [-0.3, -0.25) is 4.79 Å². The van der Waals surface area contributed by atoms with Crippen LogP contribution in [0.5, 0.6) is 0 Å². The van der Waals surface area contributed by atoms with Crippen molar-refractivity contribution in [3.8, 4) is 39.6 Å². The van der Waals surface area contributed by atoms with Crippen LogP contribution in [-0.4, -0.2) is 137 Å². The summed E-state index contributed by atoms with van der Waals surface area (Å²) in [5, 5.41) is 14.8. The molecule has 0 spiro atoms. The average Bonchev–Trinajstić information content (AvgIpc) is 1.56. The number of esters is 3. The molecule has 20 rings (SSSR count). The molecule has 10 heterocycles. The normalized spacial score (nSPS) is 13.0. The highest BCUT2D eigenvalue weighted by molar-refractivity contribution is 14.1. The van der Waals surface area contributed by atoms with Crippen LogP contribution in [0.3, 0.4) is 0 Å². The fraction of sp³-hybridized carbons (Fsp3) is 0.178. The summed E-state index contributed by atoms with van der Waals surface area (Å²) in [5.74, 6) is -0.248. The van der Waals surface area contributed by atoms with Crippen molar-refractivity contribution in [1.29, 1.82) is 0 Å². The van der Waals surface area contributed by atoms with E-state index in [1.807, 2.05) is 293 Å². The van der Waals surface area contributed by atoms with E-state index in [-0.39, 0.29) is 55.9 Å². The average molecular weight is 2040 g/mol. The summed E-state index contributed by atoms with van der Waals surface area (Å²) in [6.45, 7) is 15.9. The molecule has 9 aromatic carbocycles. The Bertz CT molecular complexity index is 7680. The second-order valence-electron chi connectivity index (χ2n) is 34.4. The van der Waals surface area contributed by atoms with Crippen molar-refractivity contribution in [3.63, 3.8) is 0 Å². The standard InChI is InChI=1S/C39H33N5O4S.C29H24IN3O4S.C19H17N5O2.C16H21BN2O2.C4H5ClO/c1-28-21-22-43(41-28)32-18-12-17-31(23-32)36-24-34-35(39(45)48-2)25-40-38(37(34)44(36)49(46,47)33-19-10-5-11-20-33)42(26-29-13-6-3-7-14-29)27-30-15-8-4-9-16-30;1-37-29(34)25-18-31-28(32(19-21-11-5-2-6-12-21)20-22-13-7-3-8-14-22)27-24(25)17-26(30)33(27)38(35,36)23-15-9-4-10-16-23;1-11-6-7-24(23-11)13-5-3-4-12(8-13)16-9-14-15(19(25)26-2)10-21-18(20)17(14)22-16;1-12-9-10-19(18-12)14-8-6-7-13(11-14)17-20-15(2,3)16(4,5)21-17;5-4(6)3-1-2-3/h3-25H,26-27H2,1-2H3;2-18H,19-20H2,1H3;3-10,22H,1-2H3,(H2,20,21);6-11H,1-5H3;3H,1-2H2. The number of nitrogen functional groups attached to an aromatic ring is 1. The summed E-state index contributed by atoms with van der Waals surface area (Å²) < 4.78 is 93.4. The minimum atomic E-state index is -4.25. The van der Waals surface area contributed by atoms with Crippen molar-refractivity contribution in [3.05, 3.63) is 388 Å². The number of rotatable bonds is 24. The third-order valence-corrected chi connectivity index (χ3v) is 28.9. The Morgan fingerprint density at radius 3 is 1.21 bits per heavy atom. The Balaban J connectivity index is 0.000000138. The Labute approximate surface area is 829 Å². The highest BCUT2D eigenvalue weighted by Gasteiger charge is 2.52. The molecule has 0 bridgehead atoms. The van der Waals surface area contributed by atoms with Crippen molar-refractivity contribution < 1.29 is 59.5 Å². The van der Waals surface area contributed by atoms with Gasteiger partial charge in [-0.15, -0.1) is 0 Å². The molecule has 9 aromatic heterocycles. The number of aromatic nitrogens is 12. The van der Waals surface area contributed by atoms with E-state index in [1.165, 1.54) is 47.9 Å². The van der Waals surface area contributed by atoms with E-state index in [9.17, 15) is 36.0 Å². The van der Waals surface area contributed by atoms with Crippen molar-refractivity contribution >= 4 is 140 Å². The van der Waals surface area contributed by atoms with Crippen LogP contribution in [0.25, 0.3) is 72.3 Å². The first-order chi connectivity index (χ1) is 67.4. The number of anilines is 3. The molecular formula is C107H100BClIN15O13S2. The SMILES string of the molecule is COC(=O)c1cnc(N(Cc2ccccc2)Cc2ccccc2)c2c1cc(-c1cccc(-n3ccc(C)n3)c1)n2S(=O)(=O)c1ccccc1.COC(=O)c1cnc(N(Cc2ccccc2)Cc2ccccc2)c2c1cc(I)n2S(=O)(=O)c1ccccc1.COC(=O)c1cnc(N)c2[nH]c(-c3cccc(-n4ccc(C)n4)c3)cc12.Cc1ccn(-c2cccc(B3OC(C)(C)C(C)(C)O3)c2)n1.O=C(Cl)C1CC1. The van der Waals surface area contributed by atoms with Crippen LogP contribution in [0.1, 0.15) is 111 Å². The Morgan fingerprint density at radius 1 is 0.457 bits per heavy atom. The van der Waals surface area contributed by atoms with Crippen LogP contribution < -0.4 is 21.0 Å². The minimum Gasteiger partial charge on any atom is -0.465 e.